The zero-order valence-electron chi connectivity index (χ0n) is 8.51. The van der Waals surface area contributed by atoms with Gasteiger partial charge in [0.1, 0.15) is 0 Å². The van der Waals surface area contributed by atoms with Crippen molar-refractivity contribution in [3.63, 3.8) is 0 Å². The van der Waals surface area contributed by atoms with Crippen molar-refractivity contribution in [1.82, 2.24) is 0 Å². The van der Waals surface area contributed by atoms with Crippen LogP contribution in [0.25, 0.3) is 0 Å². The zero-order chi connectivity index (χ0) is 8.51. The van der Waals surface area contributed by atoms with Crippen LogP contribution in [-0.2, 0) is 0 Å². The minimum Gasteiger partial charge on any atom is -0.0651 e. The summed E-state index contributed by atoms with van der Waals surface area (Å²) in [6.07, 6.45) is 4.50. The Morgan fingerprint density at radius 3 is 2.58 bits per heavy atom. The molecule has 0 spiro atoms. The van der Waals surface area contributed by atoms with Crippen LogP contribution < -0.4 is 0 Å². The van der Waals surface area contributed by atoms with E-state index in [2.05, 4.69) is 20.8 Å². The second kappa shape index (κ2) is 1.91. The zero-order valence-corrected chi connectivity index (χ0v) is 8.51. The fraction of sp³-hybridized carbons (Fsp3) is 1.00. The molecule has 0 aromatic heterocycles. The lowest BCUT2D eigenvalue weighted by Crippen LogP contribution is -2.52. The first-order chi connectivity index (χ1) is 5.77. The summed E-state index contributed by atoms with van der Waals surface area (Å²) < 4.78 is 0. The Morgan fingerprint density at radius 1 is 1.33 bits per heavy atom. The Balaban J connectivity index is 1.78. The molecule has 0 aliphatic heterocycles. The molecule has 0 aromatic carbocycles. The normalized spacial score (nSPS) is 65.8. The van der Waals surface area contributed by atoms with Gasteiger partial charge in [0.05, 0.1) is 0 Å². The molecule has 3 rings (SSSR count). The summed E-state index contributed by atoms with van der Waals surface area (Å²) in [5.74, 6) is 5.75. The van der Waals surface area contributed by atoms with Gasteiger partial charge in [-0.2, -0.15) is 0 Å². The molecule has 6 atom stereocenters. The highest BCUT2D eigenvalue weighted by atomic mass is 14.9. The van der Waals surface area contributed by atoms with Crippen LogP contribution in [0.4, 0.5) is 0 Å². The molecule has 3 fully saturated rings. The van der Waals surface area contributed by atoms with Crippen molar-refractivity contribution in [2.45, 2.75) is 40.0 Å². The Labute approximate surface area is 75.7 Å². The largest absolute Gasteiger partial charge is 0.0651 e. The van der Waals surface area contributed by atoms with Crippen LogP contribution in [0.2, 0.25) is 0 Å². The summed E-state index contributed by atoms with van der Waals surface area (Å²) in [6, 6.07) is 0. The molecule has 0 aromatic rings. The molecule has 12 heavy (non-hydrogen) atoms. The lowest BCUT2D eigenvalue weighted by Gasteiger charge is -2.58. The molecule has 3 saturated carbocycles. The van der Waals surface area contributed by atoms with Gasteiger partial charge < -0.3 is 0 Å². The van der Waals surface area contributed by atoms with Crippen LogP contribution in [-0.4, -0.2) is 0 Å². The average Bonchev–Trinajstić information content (AvgIpc) is 2.53. The third-order valence-electron chi connectivity index (χ3n) is 5.71. The smallest absolute Gasteiger partial charge is 0.0206 e. The van der Waals surface area contributed by atoms with E-state index < -0.39 is 0 Å². The van der Waals surface area contributed by atoms with Crippen LogP contribution in [0.3, 0.4) is 0 Å². The molecule has 0 heterocycles. The monoisotopic (exact) mass is 164 g/mol. The summed E-state index contributed by atoms with van der Waals surface area (Å²) >= 11 is 0. The second-order valence-electron chi connectivity index (χ2n) is 5.37. The van der Waals surface area contributed by atoms with E-state index in [9.17, 15) is 0 Å². The maximum Gasteiger partial charge on any atom is -0.0206 e. The van der Waals surface area contributed by atoms with Gasteiger partial charge in [-0.3, -0.25) is 0 Å². The van der Waals surface area contributed by atoms with E-state index in [1.807, 2.05) is 0 Å². The van der Waals surface area contributed by atoms with Crippen molar-refractivity contribution in [1.29, 1.82) is 0 Å². The maximum absolute atomic E-state index is 2.50. The van der Waals surface area contributed by atoms with Gasteiger partial charge in [-0.1, -0.05) is 27.2 Å². The number of fused-ring (bicyclic) bond motifs is 4. The highest BCUT2D eigenvalue weighted by Gasteiger charge is 2.81. The van der Waals surface area contributed by atoms with Crippen LogP contribution in [0.1, 0.15) is 40.0 Å². The van der Waals surface area contributed by atoms with Crippen molar-refractivity contribution in [2.24, 2.45) is 35.0 Å². The molecule has 0 heteroatoms. The Kier molecular flexibility index (Phi) is 1.18. The van der Waals surface area contributed by atoms with E-state index >= 15 is 0 Å². The second-order valence-corrected chi connectivity index (χ2v) is 5.37. The van der Waals surface area contributed by atoms with E-state index in [-0.39, 0.29) is 0 Å². The lowest BCUT2D eigenvalue weighted by molar-refractivity contribution is -0.0988. The van der Waals surface area contributed by atoms with Crippen molar-refractivity contribution in [3.8, 4) is 0 Å². The molecule has 68 valence electrons. The van der Waals surface area contributed by atoms with Gasteiger partial charge in [0, 0.05) is 0 Å². The van der Waals surface area contributed by atoms with E-state index in [0.717, 1.165) is 17.3 Å². The Morgan fingerprint density at radius 2 is 2.08 bits per heavy atom. The van der Waals surface area contributed by atoms with E-state index in [0.29, 0.717) is 0 Å². The summed E-state index contributed by atoms with van der Waals surface area (Å²) in [5.41, 5.74) is 0.885. The van der Waals surface area contributed by atoms with Gasteiger partial charge in [-0.05, 0) is 47.8 Å². The molecule has 0 N–H and O–H groups in total. The highest BCUT2D eigenvalue weighted by molar-refractivity contribution is 5.28. The Bertz CT molecular complexity index is 212. The maximum atomic E-state index is 2.50. The Hall–Kier alpha value is 0. The fourth-order valence-corrected chi connectivity index (χ4v) is 5.00. The van der Waals surface area contributed by atoms with Crippen molar-refractivity contribution < 1.29 is 0 Å². The minimum atomic E-state index is 0.885. The fourth-order valence-electron chi connectivity index (χ4n) is 5.00. The van der Waals surface area contributed by atoms with Crippen LogP contribution in [0, 0.1) is 35.0 Å². The molecule has 0 bridgehead atoms. The number of hydrogen-bond donors (Lipinski definition) is 0. The van der Waals surface area contributed by atoms with E-state index in [1.165, 1.54) is 30.6 Å². The minimum absolute atomic E-state index is 0.885. The van der Waals surface area contributed by atoms with E-state index in [1.54, 1.807) is 6.42 Å². The molecule has 3 aliphatic rings. The molecular weight excluding hydrogens is 144 g/mol. The van der Waals surface area contributed by atoms with Gasteiger partial charge in [0.25, 0.3) is 0 Å². The van der Waals surface area contributed by atoms with E-state index in [4.69, 9.17) is 0 Å². The lowest BCUT2D eigenvalue weighted by atomic mass is 9.47. The standard InChI is InChI=1S/C12H20/c1-4-8-6-9-10(8)11-7(3)12(9,11)5-2/h7-11H,4-6H2,1-3H3. The van der Waals surface area contributed by atoms with Crippen molar-refractivity contribution >= 4 is 0 Å². The summed E-state index contributed by atoms with van der Waals surface area (Å²) in [4.78, 5) is 0. The topological polar surface area (TPSA) is 0 Å². The molecule has 3 aliphatic carbocycles. The quantitative estimate of drug-likeness (QED) is 0.587. The summed E-state index contributed by atoms with van der Waals surface area (Å²) in [6.45, 7) is 7.28. The summed E-state index contributed by atoms with van der Waals surface area (Å²) in [5, 5.41) is 0. The van der Waals surface area contributed by atoms with Gasteiger partial charge in [-0.15, -0.1) is 0 Å². The molecule has 0 amide bonds. The van der Waals surface area contributed by atoms with Crippen molar-refractivity contribution in [3.05, 3.63) is 0 Å². The predicted octanol–water partition coefficient (Wildman–Crippen LogP) is 3.32. The van der Waals surface area contributed by atoms with Crippen molar-refractivity contribution in [2.75, 3.05) is 0 Å². The molecule has 0 nitrogen and oxygen atoms in total. The summed E-state index contributed by atoms with van der Waals surface area (Å²) in [7, 11) is 0. The van der Waals surface area contributed by atoms with Crippen LogP contribution in [0.5, 0.6) is 0 Å². The average molecular weight is 164 g/mol. The first-order valence-corrected chi connectivity index (χ1v) is 5.77. The van der Waals surface area contributed by atoms with Gasteiger partial charge >= 0.3 is 0 Å². The SMILES string of the molecule is CCC1CC2C1C1C(C)C21CC. The van der Waals surface area contributed by atoms with Crippen LogP contribution in [0.15, 0.2) is 0 Å². The predicted molar refractivity (Wildman–Crippen MR) is 50.8 cm³/mol. The molecular formula is C12H20. The molecule has 0 radical (unpaired) electrons. The highest BCUT2D eigenvalue weighted by Crippen LogP contribution is 2.86. The first-order valence-electron chi connectivity index (χ1n) is 5.77. The number of rotatable bonds is 2. The molecule has 6 unspecified atom stereocenters. The third-order valence-corrected chi connectivity index (χ3v) is 5.71. The third kappa shape index (κ3) is 0.482. The van der Waals surface area contributed by atoms with Gasteiger partial charge in [0.2, 0.25) is 0 Å². The van der Waals surface area contributed by atoms with Gasteiger partial charge in [-0.25, -0.2) is 0 Å². The van der Waals surface area contributed by atoms with Gasteiger partial charge in [0.15, 0.2) is 0 Å². The first kappa shape index (κ1) is 7.41. The van der Waals surface area contributed by atoms with Crippen LogP contribution >= 0.6 is 0 Å². The molecule has 0 saturated heterocycles. The number of hydrogen-bond acceptors (Lipinski definition) is 0.